The molecule has 4 nitrogen and oxygen atoms in total. The fourth-order valence-corrected chi connectivity index (χ4v) is 3.40. The van der Waals surface area contributed by atoms with Gasteiger partial charge in [-0.3, -0.25) is 16.0 Å². The van der Waals surface area contributed by atoms with Gasteiger partial charge in [0.1, 0.15) is 0 Å². The molecule has 0 radical (unpaired) electrons. The minimum absolute atomic E-state index is 0.373. The highest BCUT2D eigenvalue weighted by molar-refractivity contribution is 5.11. The molecule has 0 saturated heterocycles. The van der Waals surface area contributed by atoms with Crippen LogP contribution < -0.4 is 11.3 Å². The van der Waals surface area contributed by atoms with E-state index in [0.29, 0.717) is 6.04 Å². The highest BCUT2D eigenvalue weighted by Gasteiger charge is 2.19. The van der Waals surface area contributed by atoms with Crippen LogP contribution in [0, 0.1) is 5.92 Å². The summed E-state index contributed by atoms with van der Waals surface area (Å²) in [5, 5.41) is 4.53. The van der Waals surface area contributed by atoms with E-state index in [1.807, 2.05) is 11.7 Å². The van der Waals surface area contributed by atoms with Gasteiger partial charge >= 0.3 is 0 Å². The zero-order chi connectivity index (χ0) is 14.4. The first-order chi connectivity index (χ1) is 9.72. The van der Waals surface area contributed by atoms with Gasteiger partial charge in [-0.25, -0.2) is 0 Å². The van der Waals surface area contributed by atoms with Crippen molar-refractivity contribution in [3.63, 3.8) is 0 Å². The Labute approximate surface area is 123 Å². The molecule has 2 rings (SSSR count). The van der Waals surface area contributed by atoms with E-state index >= 15 is 0 Å². The van der Waals surface area contributed by atoms with Crippen LogP contribution in [0.3, 0.4) is 0 Å². The molecule has 1 atom stereocenters. The molecule has 20 heavy (non-hydrogen) atoms. The Bertz CT molecular complexity index is 391. The number of hydrazine groups is 1. The van der Waals surface area contributed by atoms with Gasteiger partial charge in [0, 0.05) is 25.2 Å². The summed E-state index contributed by atoms with van der Waals surface area (Å²) in [6.07, 6.45) is 11.6. The SMILES string of the molecule is CCc1cc(CC(CC2CCCCCC2)NN)n(C)n1. The lowest BCUT2D eigenvalue weighted by molar-refractivity contribution is 0.349. The average molecular weight is 278 g/mol. The van der Waals surface area contributed by atoms with Crippen molar-refractivity contribution >= 4 is 0 Å². The number of nitrogens with zero attached hydrogens (tertiary/aromatic N) is 2. The molecule has 0 spiro atoms. The zero-order valence-corrected chi connectivity index (χ0v) is 13.1. The number of aryl methyl sites for hydroxylation is 2. The zero-order valence-electron chi connectivity index (χ0n) is 13.1. The summed E-state index contributed by atoms with van der Waals surface area (Å²) in [7, 11) is 2.04. The van der Waals surface area contributed by atoms with E-state index in [1.54, 1.807) is 0 Å². The third kappa shape index (κ3) is 4.32. The third-order valence-electron chi connectivity index (χ3n) is 4.67. The van der Waals surface area contributed by atoms with Crippen LogP contribution >= 0.6 is 0 Å². The molecule has 1 unspecified atom stereocenters. The molecular weight excluding hydrogens is 248 g/mol. The summed E-state index contributed by atoms with van der Waals surface area (Å²) >= 11 is 0. The maximum Gasteiger partial charge on any atom is 0.0624 e. The van der Waals surface area contributed by atoms with Crippen LogP contribution in [0.15, 0.2) is 6.07 Å². The topological polar surface area (TPSA) is 55.9 Å². The second kappa shape index (κ2) is 7.79. The van der Waals surface area contributed by atoms with Crippen molar-refractivity contribution in [2.45, 2.75) is 70.8 Å². The Morgan fingerprint density at radius 1 is 1.35 bits per heavy atom. The van der Waals surface area contributed by atoms with Crippen molar-refractivity contribution in [2.24, 2.45) is 18.8 Å². The van der Waals surface area contributed by atoms with Crippen LogP contribution in [-0.4, -0.2) is 15.8 Å². The monoisotopic (exact) mass is 278 g/mol. The van der Waals surface area contributed by atoms with Crippen LogP contribution in [0.4, 0.5) is 0 Å². The average Bonchev–Trinajstić information content (AvgIpc) is 2.66. The van der Waals surface area contributed by atoms with E-state index in [-0.39, 0.29) is 0 Å². The molecule has 1 aliphatic rings. The largest absolute Gasteiger partial charge is 0.272 e. The van der Waals surface area contributed by atoms with E-state index in [4.69, 9.17) is 5.84 Å². The van der Waals surface area contributed by atoms with Crippen LogP contribution in [0.1, 0.15) is 63.3 Å². The summed E-state index contributed by atoms with van der Waals surface area (Å²) in [4.78, 5) is 0. The highest BCUT2D eigenvalue weighted by Crippen LogP contribution is 2.27. The molecule has 1 aliphatic carbocycles. The fourth-order valence-electron chi connectivity index (χ4n) is 3.40. The summed E-state index contributed by atoms with van der Waals surface area (Å²) in [5.74, 6) is 6.63. The first kappa shape index (κ1) is 15.5. The first-order valence-corrected chi connectivity index (χ1v) is 8.20. The minimum Gasteiger partial charge on any atom is -0.272 e. The second-order valence-corrected chi connectivity index (χ2v) is 6.27. The van der Waals surface area contributed by atoms with E-state index in [9.17, 15) is 0 Å². The van der Waals surface area contributed by atoms with Gasteiger partial charge in [0.25, 0.3) is 0 Å². The van der Waals surface area contributed by atoms with Gasteiger partial charge in [0.15, 0.2) is 0 Å². The number of nitrogens with two attached hydrogens (primary N) is 1. The highest BCUT2D eigenvalue weighted by atomic mass is 15.3. The maximum atomic E-state index is 5.79. The molecule has 0 aromatic carbocycles. The minimum atomic E-state index is 0.373. The molecule has 0 bridgehead atoms. The molecule has 1 aromatic rings. The van der Waals surface area contributed by atoms with E-state index in [1.165, 1.54) is 56.3 Å². The van der Waals surface area contributed by atoms with E-state index in [0.717, 1.165) is 18.8 Å². The molecule has 1 aromatic heterocycles. The maximum absolute atomic E-state index is 5.79. The van der Waals surface area contributed by atoms with Crippen molar-refractivity contribution in [2.75, 3.05) is 0 Å². The lowest BCUT2D eigenvalue weighted by Crippen LogP contribution is -2.38. The smallest absolute Gasteiger partial charge is 0.0624 e. The van der Waals surface area contributed by atoms with Gasteiger partial charge in [-0.05, 0) is 24.8 Å². The summed E-state index contributed by atoms with van der Waals surface area (Å²) in [5.41, 5.74) is 5.50. The number of hydrogen-bond donors (Lipinski definition) is 2. The van der Waals surface area contributed by atoms with Gasteiger partial charge in [-0.15, -0.1) is 0 Å². The molecule has 4 heteroatoms. The Balaban J connectivity index is 1.91. The third-order valence-corrected chi connectivity index (χ3v) is 4.67. The van der Waals surface area contributed by atoms with E-state index < -0.39 is 0 Å². The quantitative estimate of drug-likeness (QED) is 0.478. The molecular formula is C16H30N4. The molecule has 0 amide bonds. The molecule has 114 valence electrons. The molecule has 1 fully saturated rings. The van der Waals surface area contributed by atoms with Crippen LogP contribution in [0.25, 0.3) is 0 Å². The lowest BCUT2D eigenvalue weighted by Gasteiger charge is -2.22. The summed E-state index contributed by atoms with van der Waals surface area (Å²) < 4.78 is 2.01. The second-order valence-electron chi connectivity index (χ2n) is 6.27. The van der Waals surface area contributed by atoms with Crippen molar-refractivity contribution < 1.29 is 0 Å². The Morgan fingerprint density at radius 2 is 2.05 bits per heavy atom. The van der Waals surface area contributed by atoms with Gasteiger partial charge in [0.2, 0.25) is 0 Å². The van der Waals surface area contributed by atoms with Crippen molar-refractivity contribution in [1.29, 1.82) is 0 Å². The van der Waals surface area contributed by atoms with Crippen molar-refractivity contribution in [3.05, 3.63) is 17.5 Å². The van der Waals surface area contributed by atoms with Crippen LogP contribution in [0.2, 0.25) is 0 Å². The van der Waals surface area contributed by atoms with Crippen molar-refractivity contribution in [3.8, 4) is 0 Å². The number of aromatic nitrogens is 2. The Hall–Kier alpha value is -0.870. The van der Waals surface area contributed by atoms with Crippen LogP contribution in [-0.2, 0) is 19.9 Å². The normalized spacial score (nSPS) is 18.9. The predicted octanol–water partition coefficient (Wildman–Crippen LogP) is 2.72. The summed E-state index contributed by atoms with van der Waals surface area (Å²) in [6.45, 7) is 2.15. The predicted molar refractivity (Wildman–Crippen MR) is 83.2 cm³/mol. The molecule has 3 N–H and O–H groups in total. The molecule has 1 saturated carbocycles. The lowest BCUT2D eigenvalue weighted by atomic mass is 9.91. The van der Waals surface area contributed by atoms with Crippen molar-refractivity contribution in [1.82, 2.24) is 15.2 Å². The number of rotatable bonds is 6. The standard InChI is InChI=1S/C16H30N4/c1-3-14-11-16(20(2)19-14)12-15(18-17)10-13-8-6-4-5-7-9-13/h11,13,15,18H,3-10,12,17H2,1-2H3. The number of nitrogens with one attached hydrogen (secondary N) is 1. The summed E-state index contributed by atoms with van der Waals surface area (Å²) in [6, 6.07) is 2.59. The van der Waals surface area contributed by atoms with Gasteiger partial charge in [0.05, 0.1) is 5.69 Å². The van der Waals surface area contributed by atoms with Gasteiger partial charge < -0.3 is 0 Å². The molecule has 0 aliphatic heterocycles. The number of hydrogen-bond acceptors (Lipinski definition) is 3. The fraction of sp³-hybridized carbons (Fsp3) is 0.812. The Morgan fingerprint density at radius 3 is 2.60 bits per heavy atom. The van der Waals surface area contributed by atoms with Gasteiger partial charge in [-0.1, -0.05) is 45.4 Å². The van der Waals surface area contributed by atoms with Gasteiger partial charge in [-0.2, -0.15) is 5.10 Å². The molecule has 1 heterocycles. The van der Waals surface area contributed by atoms with Crippen LogP contribution in [0.5, 0.6) is 0 Å². The van der Waals surface area contributed by atoms with E-state index in [2.05, 4.69) is 23.5 Å². The first-order valence-electron chi connectivity index (χ1n) is 8.20. The Kier molecular flexibility index (Phi) is 6.05.